The van der Waals surface area contributed by atoms with Crippen LogP contribution in [0, 0.1) is 0 Å². The average molecular weight is 772 g/mol. The van der Waals surface area contributed by atoms with Gasteiger partial charge < -0.3 is 9.32 Å². The average Bonchev–Trinajstić information content (AvgIpc) is 3.89. The minimum Gasteiger partial charge on any atom is -0.417 e. The summed E-state index contributed by atoms with van der Waals surface area (Å²) in [6, 6.07) is 66.4. The normalized spacial score (nSPS) is 13.3. The topological polar surface area (TPSA) is 60.0 Å². The minimum atomic E-state index is -0.225. The molecule has 0 unspecified atom stereocenters. The number of hydrogen-bond acceptors (Lipinski definition) is 5. The molecule has 3 aromatic heterocycles. The lowest BCUT2D eigenvalue weighted by molar-refractivity contribution is 0.606. The van der Waals surface area contributed by atoms with E-state index in [4.69, 9.17) is 19.4 Å². The molecule has 1 aliphatic heterocycles. The summed E-state index contributed by atoms with van der Waals surface area (Å²) < 4.78 is 8.65. The summed E-state index contributed by atoms with van der Waals surface area (Å²) in [4.78, 5) is 17.8. The molecular weight excluding hydrogens is 735 g/mol. The maximum absolute atomic E-state index is 6.47. The van der Waals surface area contributed by atoms with Crippen LogP contribution in [-0.2, 0) is 5.41 Å². The molecule has 6 nitrogen and oxygen atoms in total. The van der Waals surface area contributed by atoms with Gasteiger partial charge in [0.1, 0.15) is 5.69 Å². The Kier molecular flexibility index (Phi) is 7.47. The number of hydrogen-bond donors (Lipinski definition) is 0. The van der Waals surface area contributed by atoms with Gasteiger partial charge in [-0.25, -0.2) is 9.97 Å². The maximum Gasteiger partial charge on any atom is 0.252 e. The molecule has 0 N–H and O–H groups in total. The number of nitrogens with zero attached hydrogens (tertiary/aromatic N) is 5. The highest BCUT2D eigenvalue weighted by Crippen LogP contribution is 2.52. The van der Waals surface area contributed by atoms with Crippen LogP contribution >= 0.6 is 0 Å². The summed E-state index contributed by atoms with van der Waals surface area (Å²) in [7, 11) is 0. The van der Waals surface area contributed by atoms with E-state index in [-0.39, 0.29) is 5.41 Å². The quantitative estimate of drug-likeness (QED) is 0.174. The highest BCUT2D eigenvalue weighted by Gasteiger charge is 2.37. The minimum absolute atomic E-state index is 0.225. The molecule has 0 fully saturated rings. The van der Waals surface area contributed by atoms with E-state index in [1.165, 1.54) is 33.3 Å². The molecule has 0 saturated carbocycles. The van der Waals surface area contributed by atoms with E-state index in [9.17, 15) is 0 Å². The van der Waals surface area contributed by atoms with Crippen molar-refractivity contribution >= 4 is 60.9 Å². The maximum atomic E-state index is 6.47. The lowest BCUT2D eigenvalue weighted by Crippen LogP contribution is -2.30. The number of aromatic nitrogens is 4. The van der Waals surface area contributed by atoms with Gasteiger partial charge in [-0.05, 0) is 93.7 Å². The number of benzene rings is 8. The molecule has 0 radical (unpaired) electrons. The second-order valence-electron chi connectivity index (χ2n) is 16.1. The van der Waals surface area contributed by atoms with Crippen molar-refractivity contribution in [2.75, 3.05) is 4.90 Å². The van der Waals surface area contributed by atoms with Crippen molar-refractivity contribution in [3.63, 3.8) is 0 Å². The SMILES string of the molecule is CC1(C)c2ccccc2N(c2ccccc2)c2ccc(-c3ccc4c(c3)c3c5ccccc5ccc3n4-c3nc(-c4ccccc4)c4nc(-c5ccccc5)oc4n3)cc21. The van der Waals surface area contributed by atoms with Gasteiger partial charge in [0.25, 0.3) is 5.71 Å². The Balaban J connectivity index is 1.08. The van der Waals surface area contributed by atoms with E-state index in [1.54, 1.807) is 0 Å². The van der Waals surface area contributed by atoms with Crippen LogP contribution in [0.25, 0.3) is 83.6 Å². The molecule has 60 heavy (non-hydrogen) atoms. The molecule has 6 heteroatoms. The van der Waals surface area contributed by atoms with Crippen molar-refractivity contribution in [1.82, 2.24) is 19.5 Å². The van der Waals surface area contributed by atoms with Gasteiger partial charge in [0.15, 0.2) is 5.52 Å². The first-order valence-electron chi connectivity index (χ1n) is 20.4. The molecule has 284 valence electrons. The van der Waals surface area contributed by atoms with Gasteiger partial charge in [0, 0.05) is 33.0 Å². The van der Waals surface area contributed by atoms with Crippen LogP contribution in [-0.4, -0.2) is 19.5 Å². The highest BCUT2D eigenvalue weighted by atomic mass is 16.4. The first kappa shape index (κ1) is 34.2. The largest absolute Gasteiger partial charge is 0.417 e. The molecular formula is C54H37N5O. The third-order valence-corrected chi connectivity index (χ3v) is 12.2. The van der Waals surface area contributed by atoms with E-state index < -0.39 is 0 Å². The summed E-state index contributed by atoms with van der Waals surface area (Å²) in [5.74, 6) is 1.03. The van der Waals surface area contributed by atoms with Crippen LogP contribution in [0.15, 0.2) is 192 Å². The van der Waals surface area contributed by atoms with Crippen LogP contribution in [0.5, 0.6) is 0 Å². The third-order valence-electron chi connectivity index (χ3n) is 12.2. The molecule has 0 spiro atoms. The standard InChI is InChI=1S/C54H37N5O/c1-54(2)42-24-14-15-25-45(42)58(39-21-10-5-11-22-39)46-30-28-38(33-43(46)54)37-27-29-44-41(32-37)48-40-23-13-12-16-34(40)26-31-47(48)59(44)53-56-49(35-17-6-3-7-18-35)50-52(57-53)60-51(55-50)36-19-8-4-9-20-36/h3-33H,1-2H3. The Morgan fingerprint density at radius 3 is 1.95 bits per heavy atom. The number of anilines is 3. The molecule has 0 aliphatic carbocycles. The smallest absolute Gasteiger partial charge is 0.252 e. The summed E-state index contributed by atoms with van der Waals surface area (Å²) >= 11 is 0. The Hall–Kier alpha value is -7.83. The summed E-state index contributed by atoms with van der Waals surface area (Å²) in [5.41, 5.74) is 13.9. The van der Waals surface area contributed by atoms with Crippen LogP contribution in [0.3, 0.4) is 0 Å². The number of rotatable bonds is 5. The Bertz CT molecular complexity index is 3460. The second kappa shape index (κ2) is 13.1. The van der Waals surface area contributed by atoms with Crippen molar-refractivity contribution < 1.29 is 4.42 Å². The molecule has 12 rings (SSSR count). The van der Waals surface area contributed by atoms with Gasteiger partial charge >= 0.3 is 0 Å². The van der Waals surface area contributed by atoms with E-state index in [0.717, 1.165) is 55.4 Å². The predicted octanol–water partition coefficient (Wildman–Crippen LogP) is 14.0. The molecule has 0 saturated heterocycles. The molecule has 8 aromatic carbocycles. The summed E-state index contributed by atoms with van der Waals surface area (Å²) in [5, 5.41) is 4.63. The van der Waals surface area contributed by atoms with Crippen LogP contribution in [0.2, 0.25) is 0 Å². The van der Waals surface area contributed by atoms with Gasteiger partial charge in [0.05, 0.1) is 22.4 Å². The van der Waals surface area contributed by atoms with E-state index in [2.05, 4.69) is 163 Å². The zero-order valence-electron chi connectivity index (χ0n) is 33.0. The van der Waals surface area contributed by atoms with Crippen molar-refractivity contribution in [2.45, 2.75) is 19.3 Å². The molecule has 0 amide bonds. The first-order valence-corrected chi connectivity index (χ1v) is 20.4. The Morgan fingerprint density at radius 1 is 0.483 bits per heavy atom. The predicted molar refractivity (Wildman–Crippen MR) is 245 cm³/mol. The van der Waals surface area contributed by atoms with Gasteiger partial charge in [-0.3, -0.25) is 4.57 Å². The van der Waals surface area contributed by atoms with Crippen molar-refractivity contribution in [3.8, 4) is 39.8 Å². The van der Waals surface area contributed by atoms with Gasteiger partial charge in [-0.1, -0.05) is 141 Å². The lowest BCUT2D eigenvalue weighted by atomic mass is 9.73. The third kappa shape index (κ3) is 5.17. The van der Waals surface area contributed by atoms with Crippen LogP contribution in [0.1, 0.15) is 25.0 Å². The van der Waals surface area contributed by atoms with Crippen LogP contribution in [0.4, 0.5) is 17.1 Å². The Labute approximate surface area is 346 Å². The molecule has 11 aromatic rings. The number of fused-ring (bicyclic) bond motifs is 8. The van der Waals surface area contributed by atoms with Gasteiger partial charge in [-0.2, -0.15) is 4.98 Å². The van der Waals surface area contributed by atoms with E-state index >= 15 is 0 Å². The molecule has 1 aliphatic rings. The summed E-state index contributed by atoms with van der Waals surface area (Å²) in [6.45, 7) is 4.69. The summed E-state index contributed by atoms with van der Waals surface area (Å²) in [6.07, 6.45) is 0. The van der Waals surface area contributed by atoms with E-state index in [1.807, 2.05) is 48.5 Å². The first-order chi connectivity index (χ1) is 29.5. The second-order valence-corrected chi connectivity index (χ2v) is 16.1. The lowest BCUT2D eigenvalue weighted by Gasteiger charge is -2.42. The van der Waals surface area contributed by atoms with Crippen LogP contribution < -0.4 is 4.90 Å². The Morgan fingerprint density at radius 2 is 1.13 bits per heavy atom. The molecule has 4 heterocycles. The van der Waals surface area contributed by atoms with Crippen molar-refractivity contribution in [3.05, 3.63) is 199 Å². The molecule has 0 bridgehead atoms. The monoisotopic (exact) mass is 771 g/mol. The highest BCUT2D eigenvalue weighted by molar-refractivity contribution is 6.21. The van der Waals surface area contributed by atoms with Crippen molar-refractivity contribution in [2.24, 2.45) is 0 Å². The fraction of sp³-hybridized carbons (Fsp3) is 0.0556. The van der Waals surface area contributed by atoms with Gasteiger partial charge in [0.2, 0.25) is 11.8 Å². The van der Waals surface area contributed by atoms with E-state index in [0.29, 0.717) is 23.1 Å². The zero-order valence-corrected chi connectivity index (χ0v) is 33.0. The molecule has 0 atom stereocenters. The van der Waals surface area contributed by atoms with Crippen molar-refractivity contribution in [1.29, 1.82) is 0 Å². The number of para-hydroxylation sites is 2. The number of oxazole rings is 1. The van der Waals surface area contributed by atoms with Gasteiger partial charge in [-0.15, -0.1) is 0 Å². The zero-order chi connectivity index (χ0) is 40.0. The fourth-order valence-electron chi connectivity index (χ4n) is 9.34. The fourth-order valence-corrected chi connectivity index (χ4v) is 9.34.